The lowest BCUT2D eigenvalue weighted by Gasteiger charge is -2.25. The Hall–Kier alpha value is -2.95. The van der Waals surface area contributed by atoms with Gasteiger partial charge in [-0.25, -0.2) is 4.68 Å². The topological polar surface area (TPSA) is 51.0 Å². The maximum atomic E-state index is 13.0. The van der Waals surface area contributed by atoms with Gasteiger partial charge >= 0.3 is 0 Å². The van der Waals surface area contributed by atoms with Crippen molar-refractivity contribution in [1.82, 2.24) is 15.0 Å². The maximum absolute atomic E-state index is 13.0. The third-order valence-electron chi connectivity index (χ3n) is 4.19. The molecule has 1 amide bonds. The Labute approximate surface area is 141 Å². The molecule has 5 heteroatoms. The number of anilines is 1. The number of allylic oxidation sites excluding steroid dienone is 2. The lowest BCUT2D eigenvalue weighted by Crippen LogP contribution is -2.29. The lowest BCUT2D eigenvalue weighted by atomic mass is 9.95. The fraction of sp³-hybridized carbons (Fsp3) is 0.211. The summed E-state index contributed by atoms with van der Waals surface area (Å²) in [7, 11) is 1.75. The van der Waals surface area contributed by atoms with Gasteiger partial charge < -0.3 is 4.90 Å². The van der Waals surface area contributed by atoms with Gasteiger partial charge in [0.25, 0.3) is 5.91 Å². The van der Waals surface area contributed by atoms with Crippen LogP contribution in [-0.2, 0) is 4.79 Å². The molecule has 0 aliphatic carbocycles. The van der Waals surface area contributed by atoms with Crippen LogP contribution in [0.25, 0.3) is 16.8 Å². The predicted molar refractivity (Wildman–Crippen MR) is 96.6 cm³/mol. The highest BCUT2D eigenvalue weighted by molar-refractivity contribution is 6.16. The molecule has 0 saturated carbocycles. The van der Waals surface area contributed by atoms with Crippen LogP contribution in [0.1, 0.15) is 25.6 Å². The molecule has 2 heterocycles. The van der Waals surface area contributed by atoms with E-state index in [1.165, 1.54) is 0 Å². The number of rotatable bonds is 3. The van der Waals surface area contributed by atoms with Crippen LogP contribution in [0.15, 0.2) is 55.1 Å². The number of amides is 1. The van der Waals surface area contributed by atoms with Gasteiger partial charge in [0.05, 0.1) is 11.4 Å². The first-order valence-electron chi connectivity index (χ1n) is 7.83. The number of hydrogen-bond donors (Lipinski definition) is 0. The number of benzene rings is 1. The van der Waals surface area contributed by atoms with Gasteiger partial charge in [-0.15, -0.1) is 5.10 Å². The lowest BCUT2D eigenvalue weighted by molar-refractivity contribution is -0.114. The Morgan fingerprint density at radius 2 is 1.79 bits per heavy atom. The van der Waals surface area contributed by atoms with E-state index in [4.69, 9.17) is 0 Å². The summed E-state index contributed by atoms with van der Waals surface area (Å²) in [5.74, 6) is -0.130. The Morgan fingerprint density at radius 3 is 2.42 bits per heavy atom. The summed E-state index contributed by atoms with van der Waals surface area (Å²) in [6, 6.07) is 7.80. The smallest absolute Gasteiger partial charge is 0.258 e. The van der Waals surface area contributed by atoms with Crippen molar-refractivity contribution in [1.29, 1.82) is 0 Å². The van der Waals surface area contributed by atoms with Gasteiger partial charge in [-0.05, 0) is 19.9 Å². The average molecular weight is 320 g/mol. The van der Waals surface area contributed by atoms with Crippen LogP contribution >= 0.6 is 0 Å². The number of carbonyl (C=O) groups excluding carboxylic acids is 1. The second kappa shape index (κ2) is 5.92. The highest BCUT2D eigenvalue weighted by Crippen LogP contribution is 2.39. The van der Waals surface area contributed by atoms with Crippen molar-refractivity contribution >= 4 is 17.2 Å². The van der Waals surface area contributed by atoms with E-state index >= 15 is 0 Å². The minimum absolute atomic E-state index is 0.0988. The molecule has 0 spiro atoms. The third kappa shape index (κ3) is 2.21. The first kappa shape index (κ1) is 15.9. The summed E-state index contributed by atoms with van der Waals surface area (Å²) in [5.41, 5.74) is 4.40. The molecule has 2 aromatic rings. The highest BCUT2D eigenvalue weighted by Gasteiger charge is 2.29. The monoisotopic (exact) mass is 320 g/mol. The van der Waals surface area contributed by atoms with Crippen LogP contribution in [0.3, 0.4) is 0 Å². The number of aromatic nitrogens is 3. The second-order valence-corrected chi connectivity index (χ2v) is 5.94. The molecule has 3 rings (SSSR count). The Kier molecular flexibility index (Phi) is 3.93. The molecule has 0 atom stereocenters. The Balaban J connectivity index is 2.49. The summed E-state index contributed by atoms with van der Waals surface area (Å²) in [6.45, 7) is 11.8. The largest absolute Gasteiger partial charge is 0.311 e. The van der Waals surface area contributed by atoms with E-state index in [0.29, 0.717) is 11.1 Å². The van der Waals surface area contributed by atoms with E-state index in [-0.39, 0.29) is 11.9 Å². The van der Waals surface area contributed by atoms with Gasteiger partial charge in [-0.1, -0.05) is 48.7 Å². The Morgan fingerprint density at radius 1 is 1.12 bits per heavy atom. The van der Waals surface area contributed by atoms with Gasteiger partial charge in [0.15, 0.2) is 0 Å². The first-order valence-corrected chi connectivity index (χ1v) is 7.83. The number of nitrogens with zero attached hydrogens (tertiary/aromatic N) is 4. The zero-order valence-corrected chi connectivity index (χ0v) is 14.2. The molecule has 5 nitrogen and oxygen atoms in total. The molecule has 0 fully saturated rings. The highest BCUT2D eigenvalue weighted by atomic mass is 16.2. The zero-order valence-electron chi connectivity index (χ0n) is 14.2. The summed E-state index contributed by atoms with van der Waals surface area (Å²) in [5, 5.41) is 8.72. The van der Waals surface area contributed by atoms with Gasteiger partial charge in [-0.3, -0.25) is 4.79 Å². The van der Waals surface area contributed by atoms with Crippen molar-refractivity contribution in [3.8, 4) is 11.3 Å². The number of fused-ring (bicyclic) bond motifs is 3. The van der Waals surface area contributed by atoms with Crippen LogP contribution in [0.4, 0.5) is 5.69 Å². The number of likely N-dealkylation sites (N-methyl/N-ethyl adjacent to an activating group) is 1. The number of carbonyl (C=O) groups is 1. The fourth-order valence-electron chi connectivity index (χ4n) is 2.99. The van der Waals surface area contributed by atoms with E-state index in [9.17, 15) is 4.79 Å². The Bertz CT molecular complexity index is 873. The van der Waals surface area contributed by atoms with Crippen molar-refractivity contribution in [2.75, 3.05) is 11.9 Å². The van der Waals surface area contributed by atoms with Crippen LogP contribution in [0.5, 0.6) is 0 Å². The van der Waals surface area contributed by atoms with E-state index in [1.807, 2.05) is 42.8 Å². The molecule has 0 N–H and O–H groups in total. The fourth-order valence-corrected chi connectivity index (χ4v) is 2.99. The predicted octanol–water partition coefficient (Wildman–Crippen LogP) is 3.63. The van der Waals surface area contributed by atoms with Crippen molar-refractivity contribution in [3.05, 3.63) is 60.8 Å². The van der Waals surface area contributed by atoms with E-state index < -0.39 is 0 Å². The molecule has 1 aliphatic heterocycles. The van der Waals surface area contributed by atoms with Crippen LogP contribution in [0.2, 0.25) is 0 Å². The molecule has 1 aromatic heterocycles. The number of hydrogen-bond acceptors (Lipinski definition) is 3. The molecule has 1 aliphatic rings. The van der Waals surface area contributed by atoms with Gasteiger partial charge in [0.2, 0.25) is 0 Å². The molecule has 1 aromatic carbocycles. The molecule has 122 valence electrons. The third-order valence-corrected chi connectivity index (χ3v) is 4.19. The van der Waals surface area contributed by atoms with Crippen LogP contribution in [0, 0.1) is 0 Å². The van der Waals surface area contributed by atoms with E-state index in [2.05, 4.69) is 23.5 Å². The second-order valence-electron chi connectivity index (χ2n) is 5.94. The molecule has 0 radical (unpaired) electrons. The quantitative estimate of drug-likeness (QED) is 0.868. The molecular formula is C19H20N4O. The zero-order chi connectivity index (χ0) is 17.4. The summed E-state index contributed by atoms with van der Waals surface area (Å²) in [6.07, 6.45) is 3.25. The molecule has 0 unspecified atom stereocenters. The maximum Gasteiger partial charge on any atom is 0.258 e. The van der Waals surface area contributed by atoms with Gasteiger partial charge in [0, 0.05) is 29.8 Å². The number of para-hydroxylation sites is 1. The summed E-state index contributed by atoms with van der Waals surface area (Å²) >= 11 is 0. The SMILES string of the molecule is C=C/C1=C(\C=C)c2c(nnn2C(C)C)-c2ccccc2N(C)C1=O. The molecular weight excluding hydrogens is 300 g/mol. The summed E-state index contributed by atoms with van der Waals surface area (Å²) < 4.78 is 1.82. The van der Waals surface area contributed by atoms with E-state index in [1.54, 1.807) is 24.1 Å². The van der Waals surface area contributed by atoms with Crippen molar-refractivity contribution in [2.45, 2.75) is 19.9 Å². The molecule has 0 saturated heterocycles. The van der Waals surface area contributed by atoms with Crippen molar-refractivity contribution in [3.63, 3.8) is 0 Å². The minimum Gasteiger partial charge on any atom is -0.311 e. The van der Waals surface area contributed by atoms with Crippen LogP contribution < -0.4 is 4.90 Å². The van der Waals surface area contributed by atoms with Gasteiger partial charge in [0.1, 0.15) is 5.69 Å². The van der Waals surface area contributed by atoms with Crippen molar-refractivity contribution < 1.29 is 4.79 Å². The van der Waals surface area contributed by atoms with E-state index in [0.717, 1.165) is 22.6 Å². The van der Waals surface area contributed by atoms with Crippen molar-refractivity contribution in [2.24, 2.45) is 0 Å². The average Bonchev–Trinajstić information content (AvgIpc) is 3.02. The molecule has 24 heavy (non-hydrogen) atoms. The normalized spacial score (nSPS) is 17.2. The standard InChI is InChI=1S/C19H20N4O/c1-6-13-14(7-2)19(24)22(5)16-11-9-8-10-15(16)17-18(13)23(12(3)4)21-20-17/h6-12H,1-2H2,3-5H3/b14-13-. The molecule has 0 bridgehead atoms. The van der Waals surface area contributed by atoms with Crippen LogP contribution in [-0.4, -0.2) is 27.9 Å². The summed E-state index contributed by atoms with van der Waals surface area (Å²) in [4.78, 5) is 14.6. The first-order chi connectivity index (χ1) is 11.5. The minimum atomic E-state index is -0.130. The van der Waals surface area contributed by atoms with Gasteiger partial charge in [-0.2, -0.15) is 0 Å².